The first-order valence-electron chi connectivity index (χ1n) is 12.8. The normalized spacial score (nSPS) is 26.5. The highest BCUT2D eigenvalue weighted by Crippen LogP contribution is 2.52. The number of fused-ring (bicyclic) bond motifs is 1. The summed E-state index contributed by atoms with van der Waals surface area (Å²) < 4.78 is 11.2. The first-order chi connectivity index (χ1) is 16.9. The number of rotatable bonds is 6. The summed E-state index contributed by atoms with van der Waals surface area (Å²) in [5.41, 5.74) is 3.15. The number of nitrogens with zero attached hydrogens (tertiary/aromatic N) is 1. The molecule has 0 aromatic heterocycles. The summed E-state index contributed by atoms with van der Waals surface area (Å²) in [7, 11) is 3.38. The van der Waals surface area contributed by atoms with Gasteiger partial charge in [0.1, 0.15) is 0 Å². The van der Waals surface area contributed by atoms with Crippen molar-refractivity contribution in [1.29, 1.82) is 0 Å². The number of benzene rings is 2. The second kappa shape index (κ2) is 9.90. The second-order valence-electron chi connectivity index (χ2n) is 10.3. The Hall–Kier alpha value is -2.44. The summed E-state index contributed by atoms with van der Waals surface area (Å²) in [5.74, 6) is 1.55. The van der Waals surface area contributed by atoms with Crippen molar-refractivity contribution in [3.8, 4) is 11.5 Å². The van der Waals surface area contributed by atoms with Crippen LogP contribution in [0, 0.1) is 6.92 Å². The van der Waals surface area contributed by atoms with Gasteiger partial charge in [0.25, 0.3) is 0 Å². The molecule has 3 atom stereocenters. The van der Waals surface area contributed by atoms with Gasteiger partial charge in [0.15, 0.2) is 11.5 Å². The van der Waals surface area contributed by atoms with Crippen LogP contribution in [0.1, 0.15) is 56.1 Å². The molecule has 5 rings (SSSR count). The van der Waals surface area contributed by atoms with E-state index in [0.29, 0.717) is 17.1 Å². The van der Waals surface area contributed by atoms with Gasteiger partial charge in [-0.25, -0.2) is 4.79 Å². The lowest BCUT2D eigenvalue weighted by atomic mass is 9.64. The molecule has 188 valence electrons. The zero-order valence-electron chi connectivity index (χ0n) is 20.9. The van der Waals surface area contributed by atoms with Crippen molar-refractivity contribution in [2.45, 2.75) is 75.4 Å². The van der Waals surface area contributed by atoms with E-state index in [2.05, 4.69) is 27.7 Å². The van der Waals surface area contributed by atoms with Crippen molar-refractivity contribution >= 4 is 23.3 Å². The standard InChI is InChI=1S/C28H36ClN3O3/c1-18-7-9-20(29)16-23(18)31-27(33)30-21-11-12-28(19-8-10-24(34-2)25(15-19)35-3)13-14-32(26(28)17-21)22-5-4-6-22/h7-10,15-16,21-22,26H,4-6,11-14,17H2,1-3H3,(H2,30,31,33)/t21-,26+,28-/m0/s1. The first-order valence-corrected chi connectivity index (χ1v) is 13.1. The molecule has 0 spiro atoms. The molecule has 3 fully saturated rings. The number of carbonyl (C=O) groups excluding carboxylic acids is 1. The van der Waals surface area contributed by atoms with Gasteiger partial charge < -0.3 is 20.1 Å². The van der Waals surface area contributed by atoms with Crippen molar-refractivity contribution in [3.63, 3.8) is 0 Å². The van der Waals surface area contributed by atoms with Crippen LogP contribution in [0.15, 0.2) is 36.4 Å². The predicted octanol–water partition coefficient (Wildman–Crippen LogP) is 5.90. The van der Waals surface area contributed by atoms with Crippen molar-refractivity contribution in [1.82, 2.24) is 10.2 Å². The molecule has 0 radical (unpaired) electrons. The highest BCUT2D eigenvalue weighted by atomic mass is 35.5. The third-order valence-electron chi connectivity index (χ3n) is 8.59. The molecule has 6 nitrogen and oxygen atoms in total. The zero-order chi connectivity index (χ0) is 24.6. The molecule has 0 bridgehead atoms. The highest BCUT2D eigenvalue weighted by molar-refractivity contribution is 6.31. The molecule has 2 saturated carbocycles. The maximum Gasteiger partial charge on any atom is 0.319 e. The van der Waals surface area contributed by atoms with Crippen LogP contribution in [0.25, 0.3) is 0 Å². The number of aryl methyl sites for hydroxylation is 1. The minimum Gasteiger partial charge on any atom is -0.493 e. The molecule has 7 heteroatoms. The van der Waals surface area contributed by atoms with Gasteiger partial charge >= 0.3 is 6.03 Å². The van der Waals surface area contributed by atoms with Crippen LogP contribution in [-0.4, -0.2) is 49.8 Å². The summed E-state index contributed by atoms with van der Waals surface area (Å²) >= 11 is 6.14. The Bertz CT molecular complexity index is 1090. The van der Waals surface area contributed by atoms with Crippen LogP contribution in [0.4, 0.5) is 10.5 Å². The van der Waals surface area contributed by atoms with Crippen molar-refractivity contribution in [2.24, 2.45) is 0 Å². The number of nitrogens with one attached hydrogen (secondary N) is 2. The molecule has 2 N–H and O–H groups in total. The van der Waals surface area contributed by atoms with Crippen molar-refractivity contribution in [2.75, 3.05) is 26.1 Å². The molecule has 1 saturated heterocycles. The van der Waals surface area contributed by atoms with Gasteiger partial charge in [-0.05, 0) is 87.4 Å². The number of hydrogen-bond donors (Lipinski definition) is 2. The third kappa shape index (κ3) is 4.58. The van der Waals surface area contributed by atoms with Gasteiger partial charge in [0, 0.05) is 34.3 Å². The number of anilines is 1. The molecule has 2 amide bonds. The summed E-state index contributed by atoms with van der Waals surface area (Å²) in [4.78, 5) is 15.7. The average Bonchev–Trinajstić information content (AvgIpc) is 3.19. The predicted molar refractivity (Wildman–Crippen MR) is 140 cm³/mol. The molecule has 1 aliphatic heterocycles. The van der Waals surface area contributed by atoms with Crippen LogP contribution in [-0.2, 0) is 5.41 Å². The molecule has 3 aliphatic rings. The Balaban J connectivity index is 1.36. The van der Waals surface area contributed by atoms with E-state index >= 15 is 0 Å². The molecule has 2 aliphatic carbocycles. The quantitative estimate of drug-likeness (QED) is 0.521. The third-order valence-corrected chi connectivity index (χ3v) is 8.82. The van der Waals surface area contributed by atoms with Gasteiger partial charge in [-0.2, -0.15) is 0 Å². The Morgan fingerprint density at radius 3 is 2.57 bits per heavy atom. The number of hydrogen-bond acceptors (Lipinski definition) is 4. The first kappa shape index (κ1) is 24.3. The van der Waals surface area contributed by atoms with E-state index in [1.165, 1.54) is 24.8 Å². The smallest absolute Gasteiger partial charge is 0.319 e. The van der Waals surface area contributed by atoms with E-state index in [1.807, 2.05) is 25.1 Å². The molecule has 1 heterocycles. The molecule has 2 aromatic rings. The lowest BCUT2D eigenvalue weighted by Crippen LogP contribution is -2.55. The van der Waals surface area contributed by atoms with Gasteiger partial charge in [-0.15, -0.1) is 0 Å². The van der Waals surface area contributed by atoms with Crippen LogP contribution in [0.2, 0.25) is 5.02 Å². The number of ether oxygens (including phenoxy) is 2. The van der Waals surface area contributed by atoms with E-state index in [-0.39, 0.29) is 17.5 Å². The van der Waals surface area contributed by atoms with Gasteiger partial charge in [0.05, 0.1) is 14.2 Å². The fourth-order valence-electron chi connectivity index (χ4n) is 6.43. The van der Waals surface area contributed by atoms with E-state index in [4.69, 9.17) is 21.1 Å². The van der Waals surface area contributed by atoms with Crippen molar-refractivity contribution in [3.05, 3.63) is 52.5 Å². The van der Waals surface area contributed by atoms with Gasteiger partial charge in [-0.3, -0.25) is 4.90 Å². The maximum absolute atomic E-state index is 12.9. The van der Waals surface area contributed by atoms with Crippen LogP contribution < -0.4 is 20.1 Å². The fraction of sp³-hybridized carbons (Fsp3) is 0.536. The largest absolute Gasteiger partial charge is 0.493 e. The van der Waals surface area contributed by atoms with E-state index < -0.39 is 0 Å². The number of amides is 2. The monoisotopic (exact) mass is 497 g/mol. The lowest BCUT2D eigenvalue weighted by molar-refractivity contribution is 0.0646. The maximum atomic E-state index is 12.9. The second-order valence-corrected chi connectivity index (χ2v) is 10.8. The Morgan fingerprint density at radius 2 is 1.86 bits per heavy atom. The topological polar surface area (TPSA) is 62.8 Å². The number of likely N-dealkylation sites (tertiary alicyclic amines) is 1. The number of urea groups is 1. The molecule has 35 heavy (non-hydrogen) atoms. The molecule has 0 unspecified atom stereocenters. The number of methoxy groups -OCH3 is 2. The Morgan fingerprint density at radius 1 is 1.06 bits per heavy atom. The fourth-order valence-corrected chi connectivity index (χ4v) is 6.60. The molecular formula is C28H36ClN3O3. The lowest BCUT2D eigenvalue weighted by Gasteiger charge is -2.48. The van der Waals surface area contributed by atoms with Crippen LogP contribution >= 0.6 is 11.6 Å². The minimum atomic E-state index is -0.160. The zero-order valence-corrected chi connectivity index (χ0v) is 21.7. The molecular weight excluding hydrogens is 462 g/mol. The summed E-state index contributed by atoms with van der Waals surface area (Å²) in [6.07, 6.45) is 7.97. The van der Waals surface area contributed by atoms with E-state index in [9.17, 15) is 4.79 Å². The van der Waals surface area contributed by atoms with E-state index in [1.54, 1.807) is 20.3 Å². The summed E-state index contributed by atoms with van der Waals surface area (Å²) in [6.45, 7) is 3.09. The Labute approximate surface area is 213 Å². The highest BCUT2D eigenvalue weighted by Gasteiger charge is 2.53. The van der Waals surface area contributed by atoms with E-state index in [0.717, 1.165) is 55.0 Å². The SMILES string of the molecule is COc1ccc([C@@]23CC[C@H](NC(=O)Nc4cc(Cl)ccc4C)C[C@H]2N(C2CCC2)CC3)cc1OC. The van der Waals surface area contributed by atoms with Crippen LogP contribution in [0.3, 0.4) is 0 Å². The molecule has 2 aromatic carbocycles. The summed E-state index contributed by atoms with van der Waals surface area (Å²) in [6, 6.07) is 13.0. The number of carbonyl (C=O) groups is 1. The van der Waals surface area contributed by atoms with Gasteiger partial charge in [-0.1, -0.05) is 30.2 Å². The van der Waals surface area contributed by atoms with Gasteiger partial charge in [0.2, 0.25) is 0 Å². The van der Waals surface area contributed by atoms with Crippen molar-refractivity contribution < 1.29 is 14.3 Å². The van der Waals surface area contributed by atoms with Crippen LogP contribution in [0.5, 0.6) is 11.5 Å². The average molecular weight is 498 g/mol. The number of halogens is 1. The minimum absolute atomic E-state index is 0.0767. The summed E-state index contributed by atoms with van der Waals surface area (Å²) in [5, 5.41) is 6.89. The Kier molecular flexibility index (Phi) is 6.86.